The Kier molecular flexibility index (Phi) is 11.6. The molecule has 0 aromatic heterocycles. The molecule has 39 heavy (non-hydrogen) atoms. The number of nitrogens with zero attached hydrogens (tertiary/aromatic N) is 1. The molecule has 0 aliphatic heterocycles. The Labute approximate surface area is 225 Å². The van der Waals surface area contributed by atoms with Gasteiger partial charge in [0.1, 0.15) is 6.61 Å². The number of carboxylic acids is 1. The van der Waals surface area contributed by atoms with Crippen LogP contribution in [-0.4, -0.2) is 62.1 Å². The lowest BCUT2D eigenvalue weighted by atomic mass is 9.95. The zero-order chi connectivity index (χ0) is 29.0. The van der Waals surface area contributed by atoms with E-state index in [4.69, 9.17) is 9.47 Å². The number of benzene rings is 2. The van der Waals surface area contributed by atoms with Crippen molar-refractivity contribution in [2.45, 2.75) is 43.6 Å². The predicted octanol–water partition coefficient (Wildman–Crippen LogP) is 3.33. The molecule has 0 heterocycles. The first-order valence-corrected chi connectivity index (χ1v) is 13.7. The van der Waals surface area contributed by atoms with Gasteiger partial charge in [-0.1, -0.05) is 48.9 Å². The maximum absolute atomic E-state index is 13.2. The van der Waals surface area contributed by atoms with Crippen molar-refractivity contribution in [1.29, 1.82) is 0 Å². The molecular formula is C26H29NO11S. The Hall–Kier alpha value is -4.26. The van der Waals surface area contributed by atoms with Crippen molar-refractivity contribution in [2.75, 3.05) is 19.5 Å². The van der Waals surface area contributed by atoms with Gasteiger partial charge in [-0.15, -0.1) is 10.1 Å². The Bertz CT molecular complexity index is 1300. The van der Waals surface area contributed by atoms with E-state index < -0.39 is 45.5 Å². The Morgan fingerprint density at radius 2 is 1.62 bits per heavy atom. The number of unbranched alkanes of at least 4 members (excludes halogenated alkanes) is 2. The molecule has 1 atom stereocenters. The maximum atomic E-state index is 13.2. The second-order valence-electron chi connectivity index (χ2n) is 8.43. The fourth-order valence-corrected chi connectivity index (χ4v) is 4.04. The summed E-state index contributed by atoms with van der Waals surface area (Å²) in [4.78, 5) is 51.4. The van der Waals surface area contributed by atoms with Crippen molar-refractivity contribution in [2.24, 2.45) is 0 Å². The molecule has 0 aliphatic rings. The molecule has 0 bridgehead atoms. The predicted molar refractivity (Wildman–Crippen MR) is 138 cm³/mol. The van der Waals surface area contributed by atoms with E-state index in [1.807, 2.05) is 0 Å². The van der Waals surface area contributed by atoms with Crippen LogP contribution in [0.3, 0.4) is 0 Å². The van der Waals surface area contributed by atoms with Crippen molar-refractivity contribution in [3.05, 3.63) is 75.8 Å². The lowest BCUT2D eigenvalue weighted by Gasteiger charge is -2.18. The summed E-state index contributed by atoms with van der Waals surface area (Å²) >= 11 is 0. The maximum Gasteiger partial charge on any atom is 0.344 e. The number of rotatable bonds is 15. The number of hydrogen-bond acceptors (Lipinski definition) is 10. The summed E-state index contributed by atoms with van der Waals surface area (Å²) in [5, 5.41) is 18.5. The normalized spacial score (nSPS) is 12.6. The van der Waals surface area contributed by atoms with Gasteiger partial charge < -0.3 is 19.4 Å². The van der Waals surface area contributed by atoms with Crippen molar-refractivity contribution in [3.8, 4) is 0 Å². The molecule has 0 saturated carbocycles. The molecule has 13 heteroatoms. The van der Waals surface area contributed by atoms with Gasteiger partial charge in [0.15, 0.2) is 15.9 Å². The molecule has 1 N–H and O–H groups in total. The van der Waals surface area contributed by atoms with Gasteiger partial charge in [-0.05, 0) is 43.0 Å². The van der Waals surface area contributed by atoms with Crippen molar-refractivity contribution < 1.29 is 47.3 Å². The lowest BCUT2D eigenvalue weighted by molar-refractivity contribution is -0.757. The zero-order valence-electron chi connectivity index (χ0n) is 21.4. The highest BCUT2D eigenvalue weighted by Gasteiger charge is 2.25. The molecule has 0 fully saturated rings. The molecule has 12 nitrogen and oxygen atoms in total. The number of carbonyl (C=O) groups excluding carboxylic acids is 2. The molecule has 2 rings (SSSR count). The van der Waals surface area contributed by atoms with Gasteiger partial charge in [-0.2, -0.15) is 0 Å². The van der Waals surface area contributed by atoms with Gasteiger partial charge >= 0.3 is 17.9 Å². The van der Waals surface area contributed by atoms with E-state index in [1.54, 1.807) is 30.3 Å². The van der Waals surface area contributed by atoms with Crippen LogP contribution in [0.25, 0.3) is 11.1 Å². The topological polar surface area (TPSA) is 176 Å². The van der Waals surface area contributed by atoms with Crippen LogP contribution in [0.15, 0.2) is 59.5 Å². The van der Waals surface area contributed by atoms with E-state index in [2.05, 4.69) is 4.84 Å². The molecule has 0 aliphatic carbocycles. The molecule has 0 amide bonds. The number of aliphatic carboxylic acids is 1. The third-order valence-electron chi connectivity index (χ3n) is 5.43. The highest BCUT2D eigenvalue weighted by molar-refractivity contribution is 7.90. The van der Waals surface area contributed by atoms with Crippen LogP contribution in [0.5, 0.6) is 0 Å². The summed E-state index contributed by atoms with van der Waals surface area (Å²) in [6.45, 7) is 0.706. The van der Waals surface area contributed by atoms with E-state index in [-0.39, 0.29) is 29.1 Å². The number of carbonyl (C=O) groups is 3. The van der Waals surface area contributed by atoms with Gasteiger partial charge in [-0.25, -0.2) is 18.0 Å². The highest BCUT2D eigenvalue weighted by atomic mass is 32.2. The summed E-state index contributed by atoms with van der Waals surface area (Å²) < 4.78 is 34.4. The largest absolute Gasteiger partial charge is 0.479 e. The van der Waals surface area contributed by atoms with E-state index >= 15 is 0 Å². The molecule has 0 unspecified atom stereocenters. The monoisotopic (exact) mass is 563 g/mol. The summed E-state index contributed by atoms with van der Waals surface area (Å²) in [5.41, 5.74) is 0.840. The van der Waals surface area contributed by atoms with Gasteiger partial charge in [0.05, 0.1) is 17.1 Å². The van der Waals surface area contributed by atoms with E-state index in [1.165, 1.54) is 31.2 Å². The third kappa shape index (κ3) is 10.2. The number of esters is 2. The first-order chi connectivity index (χ1) is 18.4. The van der Waals surface area contributed by atoms with Crippen molar-refractivity contribution >= 4 is 38.9 Å². The number of ether oxygens (including phenoxy) is 2. The fourth-order valence-electron chi connectivity index (χ4n) is 3.41. The number of sulfone groups is 1. The van der Waals surface area contributed by atoms with Gasteiger partial charge in [0.2, 0.25) is 0 Å². The average Bonchev–Trinajstić information content (AvgIpc) is 2.88. The molecule has 0 spiro atoms. The minimum absolute atomic E-state index is 0.0000739. The lowest BCUT2D eigenvalue weighted by Crippen LogP contribution is -2.25. The summed E-state index contributed by atoms with van der Waals surface area (Å²) in [6.07, 6.45) is 0.813. The second-order valence-corrected chi connectivity index (χ2v) is 10.4. The first-order valence-electron chi connectivity index (χ1n) is 11.9. The minimum Gasteiger partial charge on any atom is -0.479 e. The average molecular weight is 564 g/mol. The van der Waals surface area contributed by atoms with Gasteiger partial charge in [0.25, 0.3) is 5.09 Å². The minimum atomic E-state index is -3.51. The zero-order valence-corrected chi connectivity index (χ0v) is 22.2. The standard InChI is InChI=1S/C26H29NO11S/c1-18(25(29)30)38-26(31)24(20-9-5-3-6-10-20)22(19-12-14-21(15-13-19)39(2,34)35)17-36-23(28)11-7-4-8-16-37-27(32)33/h3,5-6,9-10,12-15,18H,4,7-8,11,16-17H2,1-2H3,(H,29,30)/t18-/m0/s1. The smallest absolute Gasteiger partial charge is 0.344 e. The third-order valence-corrected chi connectivity index (χ3v) is 6.56. The van der Waals surface area contributed by atoms with Gasteiger partial charge in [0, 0.05) is 18.2 Å². The van der Waals surface area contributed by atoms with Gasteiger partial charge in [-0.3, -0.25) is 4.79 Å². The van der Waals surface area contributed by atoms with Crippen molar-refractivity contribution in [3.63, 3.8) is 0 Å². The summed E-state index contributed by atoms with van der Waals surface area (Å²) in [7, 11) is -3.51. The van der Waals surface area contributed by atoms with Crippen LogP contribution in [0.4, 0.5) is 0 Å². The van der Waals surface area contributed by atoms with E-state index in [0.717, 1.165) is 6.26 Å². The second kappa shape index (κ2) is 14.6. The molecular weight excluding hydrogens is 534 g/mol. The number of carboxylic acid groups (broad SMARTS) is 1. The first kappa shape index (κ1) is 31.0. The van der Waals surface area contributed by atoms with Crippen LogP contribution in [0.2, 0.25) is 0 Å². The Morgan fingerprint density at radius 1 is 0.974 bits per heavy atom. The fraction of sp³-hybridized carbons (Fsp3) is 0.346. The number of hydrogen-bond donors (Lipinski definition) is 1. The Balaban J connectivity index is 2.40. The molecule has 2 aromatic carbocycles. The molecule has 0 radical (unpaired) electrons. The van der Waals surface area contributed by atoms with Crippen LogP contribution < -0.4 is 0 Å². The van der Waals surface area contributed by atoms with Crippen LogP contribution in [0.1, 0.15) is 43.7 Å². The molecule has 2 aromatic rings. The summed E-state index contributed by atoms with van der Waals surface area (Å²) in [6, 6.07) is 13.8. The van der Waals surface area contributed by atoms with Crippen LogP contribution >= 0.6 is 0 Å². The SMILES string of the molecule is C[C@H](OC(=O)C(=C(COC(=O)CCCCCO[N+](=O)[O-])c1ccc(S(C)(=O)=O)cc1)c1ccccc1)C(=O)O. The quantitative estimate of drug-likeness (QED) is 0.0839. The van der Waals surface area contributed by atoms with E-state index in [0.29, 0.717) is 30.4 Å². The molecule has 0 saturated heterocycles. The van der Waals surface area contributed by atoms with Crippen LogP contribution in [-0.2, 0) is 38.5 Å². The van der Waals surface area contributed by atoms with Crippen LogP contribution in [0, 0.1) is 10.1 Å². The highest BCUT2D eigenvalue weighted by Crippen LogP contribution is 2.29. The van der Waals surface area contributed by atoms with E-state index in [9.17, 15) is 38.0 Å². The van der Waals surface area contributed by atoms with Crippen molar-refractivity contribution in [1.82, 2.24) is 0 Å². The Morgan fingerprint density at radius 3 is 2.18 bits per heavy atom. The molecule has 210 valence electrons. The summed E-state index contributed by atoms with van der Waals surface area (Å²) in [5.74, 6) is -2.93.